The van der Waals surface area contributed by atoms with Gasteiger partial charge in [0.2, 0.25) is 5.91 Å². The first-order valence-corrected chi connectivity index (χ1v) is 11.3. The van der Waals surface area contributed by atoms with Crippen molar-refractivity contribution in [2.75, 3.05) is 18.5 Å². The Kier molecular flexibility index (Phi) is 5.75. The highest BCUT2D eigenvalue weighted by molar-refractivity contribution is 5.91. The topological polar surface area (TPSA) is 100 Å². The van der Waals surface area contributed by atoms with Crippen molar-refractivity contribution in [1.29, 1.82) is 0 Å². The van der Waals surface area contributed by atoms with Crippen molar-refractivity contribution in [1.82, 2.24) is 19.3 Å². The number of hydrogen-bond donors (Lipinski definition) is 1. The number of carbonyl (C=O) groups excluding carboxylic acids is 1. The number of amides is 1. The molecule has 0 fully saturated rings. The lowest BCUT2D eigenvalue weighted by molar-refractivity contribution is -0.116. The number of rotatable bonds is 6. The van der Waals surface area contributed by atoms with Crippen LogP contribution in [0.25, 0.3) is 16.9 Å². The monoisotopic (exact) mass is 459 g/mol. The average molecular weight is 460 g/mol. The maximum Gasteiger partial charge on any atom is 0.273 e. The maximum absolute atomic E-state index is 13.2. The van der Waals surface area contributed by atoms with E-state index in [2.05, 4.69) is 15.4 Å². The largest absolute Gasteiger partial charge is 0.486 e. The van der Waals surface area contributed by atoms with Gasteiger partial charge in [0.25, 0.3) is 5.56 Å². The first kappa shape index (κ1) is 21.7. The van der Waals surface area contributed by atoms with Gasteiger partial charge in [-0.2, -0.15) is 5.10 Å². The van der Waals surface area contributed by atoms with E-state index in [9.17, 15) is 9.59 Å². The number of para-hydroxylation sites is 1. The molecule has 9 nitrogen and oxygen atoms in total. The Bertz CT molecular complexity index is 1430. The fourth-order valence-corrected chi connectivity index (χ4v) is 4.10. The predicted molar refractivity (Wildman–Crippen MR) is 128 cm³/mol. The summed E-state index contributed by atoms with van der Waals surface area (Å²) in [7, 11) is 0. The Morgan fingerprint density at radius 3 is 2.62 bits per heavy atom. The lowest BCUT2D eigenvalue weighted by Crippen LogP contribution is -2.27. The van der Waals surface area contributed by atoms with Crippen molar-refractivity contribution < 1.29 is 14.3 Å². The standard InChI is InChI=1S/C25H25N5O4/c1-3-29-24-23(16(2)28-30(24)18-7-5-4-6-8-18)27-19(25(29)32)10-12-22(31)26-17-9-11-20-21(15-17)34-14-13-33-20/h4-9,11,15H,3,10,12-14H2,1-2H3,(H,26,31). The number of aryl methyl sites for hydroxylation is 3. The van der Waals surface area contributed by atoms with E-state index in [0.717, 1.165) is 11.4 Å². The Morgan fingerprint density at radius 1 is 1.09 bits per heavy atom. The number of aromatic nitrogens is 4. The predicted octanol–water partition coefficient (Wildman–Crippen LogP) is 3.25. The number of anilines is 1. The molecule has 0 saturated heterocycles. The number of hydrogen-bond acceptors (Lipinski definition) is 6. The second-order valence-electron chi connectivity index (χ2n) is 8.02. The Labute approximate surface area is 195 Å². The fourth-order valence-electron chi connectivity index (χ4n) is 4.10. The molecule has 0 radical (unpaired) electrons. The Balaban J connectivity index is 1.39. The summed E-state index contributed by atoms with van der Waals surface area (Å²) in [6, 6.07) is 14.9. The van der Waals surface area contributed by atoms with E-state index in [1.165, 1.54) is 0 Å². The van der Waals surface area contributed by atoms with Crippen LogP contribution in [0.15, 0.2) is 53.3 Å². The molecule has 4 aromatic rings. The van der Waals surface area contributed by atoms with Gasteiger partial charge in [-0.3, -0.25) is 14.2 Å². The minimum atomic E-state index is -0.210. The molecule has 0 saturated carbocycles. The van der Waals surface area contributed by atoms with Crippen molar-refractivity contribution >= 4 is 22.8 Å². The van der Waals surface area contributed by atoms with Crippen LogP contribution < -0.4 is 20.3 Å². The fraction of sp³-hybridized carbons (Fsp3) is 0.280. The zero-order valence-corrected chi connectivity index (χ0v) is 19.1. The molecule has 0 atom stereocenters. The van der Waals surface area contributed by atoms with E-state index in [4.69, 9.17) is 9.47 Å². The molecule has 3 heterocycles. The second-order valence-corrected chi connectivity index (χ2v) is 8.02. The van der Waals surface area contributed by atoms with E-state index in [-0.39, 0.29) is 24.3 Å². The molecular formula is C25H25N5O4. The molecule has 34 heavy (non-hydrogen) atoms. The molecule has 1 aliphatic heterocycles. The summed E-state index contributed by atoms with van der Waals surface area (Å²) in [6.45, 7) is 5.23. The summed E-state index contributed by atoms with van der Waals surface area (Å²) >= 11 is 0. The number of nitrogens with zero attached hydrogens (tertiary/aromatic N) is 4. The smallest absolute Gasteiger partial charge is 0.273 e. The summed E-state index contributed by atoms with van der Waals surface area (Å²) < 4.78 is 14.5. The molecule has 0 bridgehead atoms. The van der Waals surface area contributed by atoms with Gasteiger partial charge in [-0.15, -0.1) is 0 Å². The first-order valence-electron chi connectivity index (χ1n) is 11.3. The maximum atomic E-state index is 13.2. The van der Waals surface area contributed by atoms with Gasteiger partial charge in [-0.1, -0.05) is 18.2 Å². The zero-order chi connectivity index (χ0) is 23.7. The summed E-state index contributed by atoms with van der Waals surface area (Å²) in [5.41, 5.74) is 3.65. The molecule has 1 aliphatic rings. The van der Waals surface area contributed by atoms with Gasteiger partial charge in [0.15, 0.2) is 17.1 Å². The van der Waals surface area contributed by atoms with Crippen LogP contribution in [0.1, 0.15) is 24.7 Å². The first-order chi connectivity index (χ1) is 16.5. The number of benzene rings is 2. The van der Waals surface area contributed by atoms with Gasteiger partial charge in [-0.25, -0.2) is 9.67 Å². The highest BCUT2D eigenvalue weighted by Crippen LogP contribution is 2.32. The van der Waals surface area contributed by atoms with Crippen molar-refractivity contribution in [3.63, 3.8) is 0 Å². The molecule has 9 heteroatoms. The van der Waals surface area contributed by atoms with Gasteiger partial charge in [0.05, 0.1) is 11.4 Å². The number of carbonyl (C=O) groups is 1. The van der Waals surface area contributed by atoms with Crippen molar-refractivity contribution in [2.24, 2.45) is 0 Å². The van der Waals surface area contributed by atoms with Crippen molar-refractivity contribution in [3.05, 3.63) is 70.3 Å². The molecule has 2 aromatic heterocycles. The van der Waals surface area contributed by atoms with Crippen LogP contribution in [0.4, 0.5) is 5.69 Å². The average Bonchev–Trinajstić information content (AvgIpc) is 3.19. The molecular weight excluding hydrogens is 434 g/mol. The number of nitrogens with one attached hydrogen (secondary N) is 1. The molecule has 2 aromatic carbocycles. The summed E-state index contributed by atoms with van der Waals surface area (Å²) in [4.78, 5) is 30.5. The number of ether oxygens (including phenoxy) is 2. The molecule has 0 spiro atoms. The van der Waals surface area contributed by atoms with Gasteiger partial charge >= 0.3 is 0 Å². The van der Waals surface area contributed by atoms with Gasteiger partial charge in [0.1, 0.15) is 24.4 Å². The second kappa shape index (κ2) is 9.01. The lowest BCUT2D eigenvalue weighted by Gasteiger charge is -2.19. The van der Waals surface area contributed by atoms with Crippen LogP contribution in [0.5, 0.6) is 11.5 Å². The van der Waals surface area contributed by atoms with Crippen LogP contribution in [0.3, 0.4) is 0 Å². The van der Waals surface area contributed by atoms with Crippen molar-refractivity contribution in [3.8, 4) is 17.2 Å². The third kappa shape index (κ3) is 4.00. The molecule has 1 N–H and O–H groups in total. The molecule has 1 amide bonds. The van der Waals surface area contributed by atoms with Crippen molar-refractivity contribution in [2.45, 2.75) is 33.2 Å². The van der Waals surface area contributed by atoms with Gasteiger partial charge < -0.3 is 14.8 Å². The van der Waals surface area contributed by atoms with E-state index in [1.54, 1.807) is 27.4 Å². The van der Waals surface area contributed by atoms with Crippen LogP contribution in [0.2, 0.25) is 0 Å². The van der Waals surface area contributed by atoms with E-state index in [1.807, 2.05) is 44.2 Å². The van der Waals surface area contributed by atoms with Gasteiger partial charge in [-0.05, 0) is 38.1 Å². The summed E-state index contributed by atoms with van der Waals surface area (Å²) in [5, 5.41) is 7.49. The zero-order valence-electron chi connectivity index (χ0n) is 19.1. The highest BCUT2D eigenvalue weighted by atomic mass is 16.6. The van der Waals surface area contributed by atoms with Crippen LogP contribution in [0, 0.1) is 6.92 Å². The number of fused-ring (bicyclic) bond motifs is 2. The molecule has 5 rings (SSSR count). The van der Waals surface area contributed by atoms with E-state index < -0.39 is 0 Å². The van der Waals surface area contributed by atoms with E-state index in [0.29, 0.717) is 53.8 Å². The SMILES string of the molecule is CCn1c(=O)c(CCC(=O)Nc2ccc3c(c2)OCCO3)nc2c(C)nn(-c3ccccc3)c21. The van der Waals surface area contributed by atoms with Crippen LogP contribution in [-0.4, -0.2) is 38.5 Å². The van der Waals surface area contributed by atoms with E-state index >= 15 is 0 Å². The molecule has 0 unspecified atom stereocenters. The quantitative estimate of drug-likeness (QED) is 0.475. The third-order valence-corrected chi connectivity index (χ3v) is 5.73. The summed E-state index contributed by atoms with van der Waals surface area (Å²) in [5.74, 6) is 1.05. The Hall–Kier alpha value is -4.14. The minimum absolute atomic E-state index is 0.123. The molecule has 0 aliphatic carbocycles. The lowest BCUT2D eigenvalue weighted by atomic mass is 10.2. The van der Waals surface area contributed by atoms with Gasteiger partial charge in [0, 0.05) is 31.1 Å². The van der Waals surface area contributed by atoms with Crippen LogP contribution >= 0.6 is 0 Å². The summed E-state index contributed by atoms with van der Waals surface area (Å²) in [6.07, 6.45) is 0.346. The normalized spacial score (nSPS) is 12.6. The minimum Gasteiger partial charge on any atom is -0.486 e. The van der Waals surface area contributed by atoms with Crippen LogP contribution in [-0.2, 0) is 17.8 Å². The third-order valence-electron chi connectivity index (χ3n) is 5.73. The Morgan fingerprint density at radius 2 is 1.85 bits per heavy atom. The highest BCUT2D eigenvalue weighted by Gasteiger charge is 2.19. The molecule has 174 valence electrons.